The summed E-state index contributed by atoms with van der Waals surface area (Å²) in [5.74, 6) is -0.943. The van der Waals surface area contributed by atoms with Crippen LogP contribution in [0.1, 0.15) is 15.5 Å². The molecule has 0 aliphatic heterocycles. The Morgan fingerprint density at radius 2 is 2.35 bits per heavy atom. The predicted octanol–water partition coefficient (Wildman–Crippen LogP) is -0.292. The molecule has 0 bridgehead atoms. The fourth-order valence-electron chi connectivity index (χ4n) is 1.14. The van der Waals surface area contributed by atoms with E-state index in [-0.39, 0.29) is 17.2 Å². The summed E-state index contributed by atoms with van der Waals surface area (Å²) < 4.78 is 6.21. The van der Waals surface area contributed by atoms with Gasteiger partial charge in [-0.3, -0.25) is 4.79 Å². The first kappa shape index (κ1) is 12.0. The Kier molecular flexibility index (Phi) is 3.38. The highest BCUT2D eigenvalue weighted by Gasteiger charge is 2.22. The second-order valence-electron chi connectivity index (χ2n) is 3.13. The van der Waals surface area contributed by atoms with Gasteiger partial charge in [-0.2, -0.15) is 0 Å². The van der Waals surface area contributed by atoms with E-state index in [4.69, 9.17) is 0 Å². The summed E-state index contributed by atoms with van der Waals surface area (Å²) in [7, 11) is 1.48. The van der Waals surface area contributed by atoms with E-state index in [0.717, 1.165) is 9.69 Å². The number of thioether (sulfide) groups is 1. The van der Waals surface area contributed by atoms with Gasteiger partial charge in [0.1, 0.15) is 5.01 Å². The maximum atomic E-state index is 11.7. The fraction of sp³-hybridized carbons (Fsp3) is 0.375. The van der Waals surface area contributed by atoms with Crippen molar-refractivity contribution in [3.05, 3.63) is 10.7 Å². The molecule has 0 amide bonds. The van der Waals surface area contributed by atoms with Gasteiger partial charge in [-0.1, -0.05) is 27.8 Å². The van der Waals surface area contributed by atoms with E-state index in [9.17, 15) is 9.90 Å². The van der Waals surface area contributed by atoms with Gasteiger partial charge in [0.05, 0.1) is 11.0 Å². The summed E-state index contributed by atoms with van der Waals surface area (Å²) in [6.45, 7) is 1.83. The molecule has 0 saturated heterocycles. The minimum atomic E-state index is -0.716. The van der Waals surface area contributed by atoms with Crippen molar-refractivity contribution in [2.24, 2.45) is 7.05 Å². The standard InChI is InChI=1S/C8H8N4O3S2/c1-4-9-10-8(17-4)16-3-5(13)6-7(14)15-11-12(6)2/h3H2,1-2H3. The lowest BCUT2D eigenvalue weighted by Gasteiger charge is -1.94. The van der Waals surface area contributed by atoms with Gasteiger partial charge in [-0.25, -0.2) is 0 Å². The Morgan fingerprint density at radius 1 is 1.59 bits per heavy atom. The van der Waals surface area contributed by atoms with E-state index in [1.807, 2.05) is 6.92 Å². The first-order valence-corrected chi connectivity index (χ1v) is 6.37. The van der Waals surface area contributed by atoms with E-state index in [1.54, 1.807) is 0 Å². The molecule has 17 heavy (non-hydrogen) atoms. The lowest BCUT2D eigenvalue weighted by Crippen LogP contribution is -2.37. The molecule has 9 heteroatoms. The molecule has 2 aromatic rings. The zero-order chi connectivity index (χ0) is 12.4. The largest absolute Gasteiger partial charge is 0.539 e. The zero-order valence-electron chi connectivity index (χ0n) is 9.04. The molecule has 0 spiro atoms. The molecule has 0 radical (unpaired) electrons. The third-order valence-electron chi connectivity index (χ3n) is 1.86. The van der Waals surface area contributed by atoms with Crippen LogP contribution in [0.25, 0.3) is 0 Å². The summed E-state index contributed by atoms with van der Waals surface area (Å²) in [4.78, 5) is 11.7. The molecule has 0 fully saturated rings. The van der Waals surface area contributed by atoms with Gasteiger partial charge in [-0.05, 0) is 6.92 Å². The molecule has 90 valence electrons. The smallest absolute Gasteiger partial charge is 0.300 e. The molecule has 0 saturated carbocycles. The van der Waals surface area contributed by atoms with Crippen LogP contribution in [-0.4, -0.2) is 27.0 Å². The number of hydrogen-bond acceptors (Lipinski definition) is 8. The molecular formula is C8H8N4O3S2. The van der Waals surface area contributed by atoms with Crippen LogP contribution in [-0.2, 0) is 7.05 Å². The Balaban J connectivity index is 2.03. The maximum absolute atomic E-state index is 11.7. The highest BCUT2D eigenvalue weighted by atomic mass is 32.2. The van der Waals surface area contributed by atoms with Crippen LogP contribution < -0.4 is 9.79 Å². The molecule has 2 heterocycles. The van der Waals surface area contributed by atoms with Crippen LogP contribution in [0.4, 0.5) is 0 Å². The Hall–Kier alpha value is -1.48. The number of hydrogen-bond donors (Lipinski definition) is 0. The van der Waals surface area contributed by atoms with Crippen molar-refractivity contribution in [3.63, 3.8) is 0 Å². The number of carbonyl (C=O) groups is 1. The van der Waals surface area contributed by atoms with E-state index >= 15 is 0 Å². The maximum Gasteiger partial charge on any atom is 0.300 e. The summed E-state index contributed by atoms with van der Waals surface area (Å²) in [6.07, 6.45) is 0. The second-order valence-corrected chi connectivity index (χ2v) is 5.54. The summed E-state index contributed by atoms with van der Waals surface area (Å²) in [5.41, 5.74) is -0.0567. The van der Waals surface area contributed by atoms with E-state index in [0.29, 0.717) is 4.34 Å². The van der Waals surface area contributed by atoms with Gasteiger partial charge in [-0.15, -0.1) is 10.2 Å². The number of nitrogens with zero attached hydrogens (tertiary/aromatic N) is 4. The van der Waals surface area contributed by atoms with Gasteiger partial charge >= 0.3 is 0 Å². The van der Waals surface area contributed by atoms with Crippen LogP contribution in [0.5, 0.6) is 5.95 Å². The minimum absolute atomic E-state index is 0.0567. The molecule has 0 atom stereocenters. The molecular weight excluding hydrogens is 264 g/mol. The quantitative estimate of drug-likeness (QED) is 0.428. The molecule has 7 nitrogen and oxygen atoms in total. The van der Waals surface area contributed by atoms with E-state index in [2.05, 4.69) is 20.0 Å². The second kappa shape index (κ2) is 4.80. The van der Waals surface area contributed by atoms with Gasteiger partial charge in [0.25, 0.3) is 5.69 Å². The monoisotopic (exact) mass is 272 g/mol. The number of ketones is 1. The Bertz CT molecular complexity index is 531. The van der Waals surface area contributed by atoms with Crippen LogP contribution in [0.3, 0.4) is 0 Å². The summed E-state index contributed by atoms with van der Waals surface area (Å²) in [5, 5.41) is 23.1. The van der Waals surface area contributed by atoms with Crippen molar-refractivity contribution in [2.75, 3.05) is 5.75 Å². The van der Waals surface area contributed by atoms with Crippen molar-refractivity contribution >= 4 is 28.9 Å². The van der Waals surface area contributed by atoms with Crippen LogP contribution in [0, 0.1) is 6.92 Å². The summed E-state index contributed by atoms with van der Waals surface area (Å²) >= 11 is 2.64. The molecule has 0 unspecified atom stereocenters. The minimum Gasteiger partial charge on any atom is -0.539 e. The Labute approximate surface area is 104 Å². The van der Waals surface area contributed by atoms with Crippen molar-refractivity contribution in [3.8, 4) is 5.95 Å². The molecule has 0 N–H and O–H groups in total. The predicted molar refractivity (Wildman–Crippen MR) is 56.8 cm³/mol. The number of aromatic nitrogens is 4. The van der Waals surface area contributed by atoms with Gasteiger partial charge in [0.15, 0.2) is 17.3 Å². The van der Waals surface area contributed by atoms with Gasteiger partial charge < -0.3 is 9.63 Å². The number of aryl methyl sites for hydroxylation is 2. The Morgan fingerprint density at radius 3 is 2.88 bits per heavy atom. The first-order valence-electron chi connectivity index (χ1n) is 4.57. The summed E-state index contributed by atoms with van der Waals surface area (Å²) in [6, 6.07) is 0. The number of rotatable bonds is 4. The zero-order valence-corrected chi connectivity index (χ0v) is 10.7. The number of carbonyl (C=O) groups excluding carboxylic acids is 1. The average molecular weight is 272 g/mol. The topological polar surface area (TPSA) is 95.8 Å². The molecule has 0 aliphatic rings. The van der Waals surface area contributed by atoms with Crippen molar-refractivity contribution in [1.82, 2.24) is 15.5 Å². The van der Waals surface area contributed by atoms with Gasteiger partial charge in [0, 0.05) is 0 Å². The highest BCUT2D eigenvalue weighted by Crippen LogP contribution is 2.23. The van der Waals surface area contributed by atoms with E-state index < -0.39 is 5.95 Å². The van der Waals surface area contributed by atoms with Crippen LogP contribution in [0.2, 0.25) is 0 Å². The SMILES string of the molecule is Cc1nnc(SCC(=O)c2c([O-])on[n+]2C)s1. The first-order chi connectivity index (χ1) is 8.08. The highest BCUT2D eigenvalue weighted by molar-refractivity contribution is 8.01. The molecule has 0 aliphatic carbocycles. The fourth-order valence-corrected chi connectivity index (χ4v) is 2.82. The van der Waals surface area contributed by atoms with Crippen molar-refractivity contribution < 1.29 is 19.1 Å². The molecule has 0 aromatic carbocycles. The number of Topliss-reactive ketones (excluding diaryl/α,β-unsaturated/α-hetero) is 1. The third kappa shape index (κ3) is 2.61. The van der Waals surface area contributed by atoms with Crippen LogP contribution in [0.15, 0.2) is 8.86 Å². The van der Waals surface area contributed by atoms with E-state index in [1.165, 1.54) is 30.1 Å². The average Bonchev–Trinajstić information content (AvgIpc) is 2.83. The molecule has 2 rings (SSSR count). The third-order valence-corrected chi connectivity index (χ3v) is 3.83. The lowest BCUT2D eigenvalue weighted by molar-refractivity contribution is -0.741. The van der Waals surface area contributed by atoms with Crippen molar-refractivity contribution in [1.29, 1.82) is 0 Å². The van der Waals surface area contributed by atoms with Crippen molar-refractivity contribution in [2.45, 2.75) is 11.3 Å². The van der Waals surface area contributed by atoms with Gasteiger partial charge in [0.2, 0.25) is 5.78 Å². The lowest BCUT2D eigenvalue weighted by atomic mass is 10.3. The normalized spacial score (nSPS) is 10.7. The molecule has 2 aromatic heterocycles. The van der Waals surface area contributed by atoms with Crippen LogP contribution >= 0.6 is 23.1 Å².